The van der Waals surface area contributed by atoms with Gasteiger partial charge in [-0.1, -0.05) is 12.1 Å². The van der Waals surface area contributed by atoms with Gasteiger partial charge in [-0.05, 0) is 68.8 Å². The molecule has 226 valence electrons. The standard InChI is InChI=1S/C30H32F2N6O4S/c1-36-11-12-37(28(19-36)35-30(39)25-6-2-3-7-26(25)34-29-8-4-5-13-42-29)38-27-10-9-23(14-20(27)18-33-38)43(40,41)24-16-21(31)15-22(32)17-24/h2-3,6-7,9-10,14-18,28-29,34H,4-5,8,11-13,19H2,1H3,(H,35,39). The lowest BCUT2D eigenvalue weighted by atomic mass is 10.1. The zero-order valence-electron chi connectivity index (χ0n) is 23.5. The maximum Gasteiger partial charge on any atom is 0.255 e. The number of nitrogens with one attached hydrogen (secondary N) is 2. The number of carbonyl (C=O) groups excluding carboxylic acids is 1. The zero-order valence-corrected chi connectivity index (χ0v) is 24.4. The van der Waals surface area contributed by atoms with Crippen molar-refractivity contribution in [2.24, 2.45) is 0 Å². The highest BCUT2D eigenvalue weighted by Gasteiger charge is 2.30. The van der Waals surface area contributed by atoms with Crippen molar-refractivity contribution in [3.8, 4) is 0 Å². The van der Waals surface area contributed by atoms with Crippen LogP contribution >= 0.6 is 0 Å². The van der Waals surface area contributed by atoms with Gasteiger partial charge >= 0.3 is 0 Å². The Morgan fingerprint density at radius 3 is 2.56 bits per heavy atom. The molecule has 1 amide bonds. The number of para-hydroxylation sites is 1. The minimum atomic E-state index is -4.18. The molecule has 1 aromatic heterocycles. The third kappa shape index (κ3) is 6.05. The molecule has 13 heteroatoms. The fraction of sp³-hybridized carbons (Fsp3) is 0.333. The summed E-state index contributed by atoms with van der Waals surface area (Å²) >= 11 is 0. The first-order valence-electron chi connectivity index (χ1n) is 14.1. The predicted octanol–water partition coefficient (Wildman–Crippen LogP) is 3.73. The average Bonchev–Trinajstić information content (AvgIpc) is 3.41. The number of hydrogen-bond acceptors (Lipinski definition) is 8. The number of ether oxygens (including phenoxy) is 1. The Labute approximate surface area is 248 Å². The average molecular weight is 611 g/mol. The number of anilines is 1. The summed E-state index contributed by atoms with van der Waals surface area (Å²) in [5.74, 6) is -2.20. The van der Waals surface area contributed by atoms with Crippen LogP contribution in [0.25, 0.3) is 10.9 Å². The largest absolute Gasteiger partial charge is 0.359 e. The molecule has 2 atom stereocenters. The monoisotopic (exact) mass is 610 g/mol. The Morgan fingerprint density at radius 2 is 1.79 bits per heavy atom. The van der Waals surface area contributed by atoms with Crippen LogP contribution in [0.15, 0.2) is 76.7 Å². The van der Waals surface area contributed by atoms with Gasteiger partial charge in [0, 0.05) is 36.8 Å². The zero-order chi connectivity index (χ0) is 30.1. The van der Waals surface area contributed by atoms with E-state index >= 15 is 0 Å². The van der Waals surface area contributed by atoms with Crippen LogP contribution in [-0.4, -0.2) is 74.8 Å². The summed E-state index contributed by atoms with van der Waals surface area (Å²) in [6.45, 7) is 2.45. The highest BCUT2D eigenvalue weighted by atomic mass is 32.2. The van der Waals surface area contributed by atoms with E-state index in [4.69, 9.17) is 4.74 Å². The van der Waals surface area contributed by atoms with Crippen molar-refractivity contribution in [3.63, 3.8) is 0 Å². The molecule has 2 N–H and O–H groups in total. The first kappa shape index (κ1) is 29.0. The van der Waals surface area contributed by atoms with Gasteiger partial charge in [0.2, 0.25) is 9.84 Å². The molecule has 2 fully saturated rings. The van der Waals surface area contributed by atoms with Crippen molar-refractivity contribution < 1.29 is 26.7 Å². The Bertz CT molecular complexity index is 1740. The molecule has 0 spiro atoms. The highest BCUT2D eigenvalue weighted by Crippen LogP contribution is 2.27. The molecule has 0 aliphatic carbocycles. The summed E-state index contributed by atoms with van der Waals surface area (Å²) in [4.78, 5) is 16.8. The summed E-state index contributed by atoms with van der Waals surface area (Å²) in [7, 11) is -2.21. The Kier molecular flexibility index (Phi) is 8.03. The molecular formula is C30H32F2N6O4S. The normalized spacial score (nSPS) is 19.8. The van der Waals surface area contributed by atoms with E-state index < -0.39 is 32.5 Å². The Balaban J connectivity index is 1.26. The van der Waals surface area contributed by atoms with Crippen molar-refractivity contribution in [2.45, 2.75) is 41.4 Å². The van der Waals surface area contributed by atoms with Gasteiger partial charge < -0.3 is 20.3 Å². The number of rotatable bonds is 7. The molecule has 3 heterocycles. The van der Waals surface area contributed by atoms with E-state index in [0.717, 1.165) is 31.4 Å². The third-order valence-electron chi connectivity index (χ3n) is 7.74. The van der Waals surface area contributed by atoms with Crippen LogP contribution in [0.3, 0.4) is 0 Å². The second kappa shape index (κ2) is 11.9. The first-order valence-corrected chi connectivity index (χ1v) is 15.6. The van der Waals surface area contributed by atoms with Gasteiger partial charge in [-0.25, -0.2) is 17.2 Å². The second-order valence-corrected chi connectivity index (χ2v) is 12.8. The molecule has 2 aliphatic heterocycles. The van der Waals surface area contributed by atoms with Gasteiger partial charge in [-0.15, -0.1) is 0 Å². The van der Waals surface area contributed by atoms with Gasteiger partial charge in [0.05, 0.1) is 33.6 Å². The van der Waals surface area contributed by atoms with Crippen molar-refractivity contribution in [3.05, 3.63) is 84.1 Å². The molecule has 6 rings (SSSR count). The molecule has 10 nitrogen and oxygen atoms in total. The Morgan fingerprint density at radius 1 is 1.00 bits per heavy atom. The van der Waals surface area contributed by atoms with Gasteiger partial charge in [0.15, 0.2) is 0 Å². The number of carbonyl (C=O) groups is 1. The van der Waals surface area contributed by atoms with Crippen LogP contribution in [-0.2, 0) is 14.6 Å². The van der Waals surface area contributed by atoms with Gasteiger partial charge in [-0.3, -0.25) is 9.80 Å². The number of nitrogens with zero attached hydrogens (tertiary/aromatic N) is 4. The maximum atomic E-state index is 13.8. The van der Waals surface area contributed by atoms with Crippen molar-refractivity contribution in [1.29, 1.82) is 0 Å². The molecule has 2 aliphatic rings. The van der Waals surface area contributed by atoms with Gasteiger partial charge in [0.1, 0.15) is 24.0 Å². The quantitative estimate of drug-likeness (QED) is 0.326. The number of amides is 1. The first-order chi connectivity index (χ1) is 20.7. The molecule has 2 saturated heterocycles. The number of piperazine rings is 1. The third-order valence-corrected chi connectivity index (χ3v) is 9.47. The SMILES string of the molecule is CN1CCN(n2ncc3cc(S(=O)(=O)c4cc(F)cc(F)c4)ccc32)C(NC(=O)c2ccccc2NC2CCCCO2)C1. The molecule has 0 radical (unpaired) electrons. The number of hydrogen-bond donors (Lipinski definition) is 2. The smallest absolute Gasteiger partial charge is 0.255 e. The molecule has 4 aromatic rings. The molecule has 0 saturated carbocycles. The summed E-state index contributed by atoms with van der Waals surface area (Å²) < 4.78 is 59.6. The fourth-order valence-corrected chi connectivity index (χ4v) is 6.85. The van der Waals surface area contributed by atoms with E-state index in [9.17, 15) is 22.0 Å². The van der Waals surface area contributed by atoms with E-state index in [1.807, 2.05) is 30.3 Å². The molecule has 43 heavy (non-hydrogen) atoms. The number of halogens is 2. The fourth-order valence-electron chi connectivity index (χ4n) is 5.51. The lowest BCUT2D eigenvalue weighted by Gasteiger charge is -2.41. The number of benzene rings is 3. The minimum Gasteiger partial charge on any atom is -0.359 e. The number of aromatic nitrogens is 2. The molecule has 2 unspecified atom stereocenters. The van der Waals surface area contributed by atoms with E-state index in [1.54, 1.807) is 16.9 Å². The van der Waals surface area contributed by atoms with E-state index in [2.05, 4.69) is 20.6 Å². The van der Waals surface area contributed by atoms with Gasteiger partial charge in [0.25, 0.3) is 5.91 Å². The minimum absolute atomic E-state index is 0.112. The van der Waals surface area contributed by atoms with E-state index in [1.165, 1.54) is 18.3 Å². The summed E-state index contributed by atoms with van der Waals surface area (Å²) in [5, 5.41) is 13.5. The van der Waals surface area contributed by atoms with Crippen molar-refractivity contribution in [2.75, 3.05) is 43.6 Å². The number of sulfone groups is 1. The highest BCUT2D eigenvalue weighted by molar-refractivity contribution is 7.91. The van der Waals surface area contributed by atoms with Crippen LogP contribution in [0.2, 0.25) is 0 Å². The maximum absolute atomic E-state index is 13.8. The van der Waals surface area contributed by atoms with E-state index in [0.29, 0.717) is 54.5 Å². The number of fused-ring (bicyclic) bond motifs is 1. The van der Waals surface area contributed by atoms with Crippen LogP contribution in [0, 0.1) is 11.6 Å². The lowest BCUT2D eigenvalue weighted by molar-refractivity contribution is 0.0343. The van der Waals surface area contributed by atoms with Crippen LogP contribution in [0.5, 0.6) is 0 Å². The Hall–Kier alpha value is -4.07. The molecule has 0 bridgehead atoms. The molecular weight excluding hydrogens is 578 g/mol. The lowest BCUT2D eigenvalue weighted by Crippen LogP contribution is -2.63. The van der Waals surface area contributed by atoms with Crippen LogP contribution in [0.1, 0.15) is 29.6 Å². The van der Waals surface area contributed by atoms with E-state index in [-0.39, 0.29) is 17.0 Å². The molecule has 3 aromatic carbocycles. The topological polar surface area (TPSA) is 109 Å². The van der Waals surface area contributed by atoms with Crippen LogP contribution < -0.4 is 15.6 Å². The predicted molar refractivity (Wildman–Crippen MR) is 157 cm³/mol. The van der Waals surface area contributed by atoms with Crippen molar-refractivity contribution in [1.82, 2.24) is 20.1 Å². The van der Waals surface area contributed by atoms with Crippen molar-refractivity contribution >= 4 is 32.3 Å². The van der Waals surface area contributed by atoms with Crippen LogP contribution in [0.4, 0.5) is 14.5 Å². The van der Waals surface area contributed by atoms with Gasteiger partial charge in [-0.2, -0.15) is 9.89 Å². The summed E-state index contributed by atoms with van der Waals surface area (Å²) in [5.41, 5.74) is 1.81. The number of likely N-dealkylation sites (N-methyl/N-ethyl adjacent to an activating group) is 1. The second-order valence-electron chi connectivity index (χ2n) is 10.8. The summed E-state index contributed by atoms with van der Waals surface area (Å²) in [6.07, 6.45) is 3.88. The summed E-state index contributed by atoms with van der Waals surface area (Å²) in [6, 6.07) is 13.9.